The number of carbonyl (C=O) groups is 3. The highest BCUT2D eigenvalue weighted by Crippen LogP contribution is 2.44. The maximum Gasteiger partial charge on any atom is 0.407 e. The number of ether oxygens (including phenoxy) is 2. The summed E-state index contributed by atoms with van der Waals surface area (Å²) in [4.78, 5) is 36.4. The van der Waals surface area contributed by atoms with E-state index in [4.69, 9.17) is 9.47 Å². The van der Waals surface area contributed by atoms with Crippen LogP contribution in [-0.2, 0) is 19.1 Å². The van der Waals surface area contributed by atoms with E-state index in [1.165, 1.54) is 0 Å². The van der Waals surface area contributed by atoms with Crippen molar-refractivity contribution in [2.45, 2.75) is 38.6 Å². The van der Waals surface area contributed by atoms with Crippen LogP contribution in [0.4, 0.5) is 4.79 Å². The van der Waals surface area contributed by atoms with E-state index in [9.17, 15) is 19.5 Å². The highest BCUT2D eigenvalue weighted by molar-refractivity contribution is 5.89. The van der Waals surface area contributed by atoms with E-state index in [0.29, 0.717) is 19.6 Å². The van der Waals surface area contributed by atoms with E-state index in [2.05, 4.69) is 10.6 Å². The monoisotopic (exact) mass is 468 g/mol. The second kappa shape index (κ2) is 11.2. The fraction of sp³-hybridized carbons (Fsp3) is 0.423. The summed E-state index contributed by atoms with van der Waals surface area (Å²) in [6.07, 6.45) is -0.739. The molecule has 3 N–H and O–H groups in total. The van der Waals surface area contributed by atoms with E-state index >= 15 is 0 Å². The number of nitrogens with one attached hydrogen (secondary N) is 2. The number of aliphatic carboxylic acids is 1. The van der Waals surface area contributed by atoms with Gasteiger partial charge >= 0.3 is 12.1 Å². The summed E-state index contributed by atoms with van der Waals surface area (Å²) in [6.45, 7) is 4.95. The summed E-state index contributed by atoms with van der Waals surface area (Å²) in [6, 6.07) is 14.7. The molecule has 1 atom stereocenters. The molecular weight excluding hydrogens is 436 g/mol. The molecule has 34 heavy (non-hydrogen) atoms. The molecule has 0 aromatic heterocycles. The van der Waals surface area contributed by atoms with Crippen LogP contribution in [-0.4, -0.2) is 56.0 Å². The number of alkyl carbamates (subject to hydrolysis) is 1. The molecule has 2 aromatic carbocycles. The van der Waals surface area contributed by atoms with E-state index in [1.807, 2.05) is 62.4 Å². The van der Waals surface area contributed by atoms with Crippen molar-refractivity contribution in [1.82, 2.24) is 10.6 Å². The molecule has 0 aliphatic heterocycles. The van der Waals surface area contributed by atoms with E-state index in [-0.39, 0.29) is 17.9 Å². The Bertz CT molecular complexity index is 990. The third-order valence-electron chi connectivity index (χ3n) is 5.97. The van der Waals surface area contributed by atoms with Crippen molar-refractivity contribution in [3.8, 4) is 11.1 Å². The van der Waals surface area contributed by atoms with Crippen LogP contribution in [0.1, 0.15) is 43.7 Å². The lowest BCUT2D eigenvalue weighted by Gasteiger charge is -2.24. The van der Waals surface area contributed by atoms with Crippen molar-refractivity contribution < 1.29 is 29.0 Å². The summed E-state index contributed by atoms with van der Waals surface area (Å²) in [5.74, 6) is -1.89. The minimum Gasteiger partial charge on any atom is -0.481 e. The fourth-order valence-electron chi connectivity index (χ4n) is 4.28. The summed E-state index contributed by atoms with van der Waals surface area (Å²) < 4.78 is 10.6. The largest absolute Gasteiger partial charge is 0.481 e. The maximum absolute atomic E-state index is 12.6. The van der Waals surface area contributed by atoms with Gasteiger partial charge in [0.05, 0.1) is 13.0 Å². The Labute approximate surface area is 199 Å². The Morgan fingerprint density at radius 2 is 1.62 bits per heavy atom. The quantitative estimate of drug-likeness (QED) is 0.465. The highest BCUT2D eigenvalue weighted by Gasteiger charge is 2.30. The fourth-order valence-corrected chi connectivity index (χ4v) is 4.28. The molecule has 0 bridgehead atoms. The van der Waals surface area contributed by atoms with Gasteiger partial charge in [-0.3, -0.25) is 9.59 Å². The first kappa shape index (κ1) is 25.2. The summed E-state index contributed by atoms with van der Waals surface area (Å²) >= 11 is 0. The Kier molecular flexibility index (Phi) is 8.28. The number of fused-ring (bicyclic) bond motifs is 3. The first-order valence-electron chi connectivity index (χ1n) is 11.3. The van der Waals surface area contributed by atoms with Crippen molar-refractivity contribution in [1.29, 1.82) is 0 Å². The van der Waals surface area contributed by atoms with Crippen LogP contribution < -0.4 is 10.6 Å². The van der Waals surface area contributed by atoms with E-state index < -0.39 is 30.4 Å². The van der Waals surface area contributed by atoms with Gasteiger partial charge in [0.15, 0.2) is 0 Å². The average molecular weight is 469 g/mol. The number of benzene rings is 2. The number of carboxylic acids is 1. The molecule has 2 aromatic rings. The van der Waals surface area contributed by atoms with Gasteiger partial charge in [-0.25, -0.2) is 4.79 Å². The van der Waals surface area contributed by atoms with Gasteiger partial charge in [0.25, 0.3) is 0 Å². The zero-order valence-electron chi connectivity index (χ0n) is 19.8. The van der Waals surface area contributed by atoms with Crippen molar-refractivity contribution in [3.63, 3.8) is 0 Å². The van der Waals surface area contributed by atoms with Gasteiger partial charge < -0.3 is 25.2 Å². The van der Waals surface area contributed by atoms with Gasteiger partial charge in [0.2, 0.25) is 5.91 Å². The van der Waals surface area contributed by atoms with Crippen molar-refractivity contribution in [3.05, 3.63) is 59.7 Å². The Morgan fingerprint density at radius 1 is 1.03 bits per heavy atom. The van der Waals surface area contributed by atoms with Crippen LogP contribution in [0.2, 0.25) is 0 Å². The van der Waals surface area contributed by atoms with Gasteiger partial charge in [0, 0.05) is 19.6 Å². The molecule has 0 heterocycles. The molecular formula is C26H32N2O6. The second-order valence-corrected chi connectivity index (χ2v) is 9.26. The summed E-state index contributed by atoms with van der Waals surface area (Å²) in [5, 5.41) is 14.3. The Morgan fingerprint density at radius 3 is 2.18 bits per heavy atom. The SMILES string of the molecule is COCC(C)(C)CCNC(=O)C(CC(=O)O)NC(=O)OCC1c2ccccc2-c2ccccc21. The van der Waals surface area contributed by atoms with Gasteiger partial charge in [-0.05, 0) is 34.1 Å². The third kappa shape index (κ3) is 6.35. The molecule has 3 rings (SSSR count). The Balaban J connectivity index is 1.59. The number of methoxy groups -OCH3 is 1. The van der Waals surface area contributed by atoms with E-state index in [0.717, 1.165) is 22.3 Å². The van der Waals surface area contributed by atoms with Crippen LogP contribution >= 0.6 is 0 Å². The molecule has 1 aliphatic rings. The smallest absolute Gasteiger partial charge is 0.407 e. The van der Waals surface area contributed by atoms with Crippen molar-refractivity contribution in [2.24, 2.45) is 5.41 Å². The van der Waals surface area contributed by atoms with Gasteiger partial charge in [0.1, 0.15) is 12.6 Å². The lowest BCUT2D eigenvalue weighted by atomic mass is 9.90. The lowest BCUT2D eigenvalue weighted by molar-refractivity contribution is -0.139. The predicted molar refractivity (Wildman–Crippen MR) is 128 cm³/mol. The molecule has 0 radical (unpaired) electrons. The minimum atomic E-state index is -1.24. The van der Waals surface area contributed by atoms with Gasteiger partial charge in [-0.1, -0.05) is 62.4 Å². The standard InChI is InChI=1S/C26H32N2O6/c1-26(2,16-33-3)12-13-27-24(31)22(14-23(29)30)28-25(32)34-15-21-19-10-6-4-8-17(19)18-9-5-7-11-20(18)21/h4-11,21-22H,12-16H2,1-3H3,(H,27,31)(H,28,32)(H,29,30). The zero-order chi connectivity index (χ0) is 24.7. The first-order chi connectivity index (χ1) is 16.2. The van der Waals surface area contributed by atoms with Crippen LogP contribution in [0.3, 0.4) is 0 Å². The van der Waals surface area contributed by atoms with Crippen molar-refractivity contribution in [2.75, 3.05) is 26.9 Å². The topological polar surface area (TPSA) is 114 Å². The van der Waals surface area contributed by atoms with Crippen LogP contribution in [0, 0.1) is 5.41 Å². The van der Waals surface area contributed by atoms with Gasteiger partial charge in [-0.2, -0.15) is 0 Å². The number of carboxylic acid groups (broad SMARTS) is 1. The number of carbonyl (C=O) groups excluding carboxylic acids is 2. The molecule has 8 heteroatoms. The maximum atomic E-state index is 12.6. The number of amides is 2. The molecule has 0 saturated carbocycles. The van der Waals surface area contributed by atoms with Crippen LogP contribution in [0.5, 0.6) is 0 Å². The minimum absolute atomic E-state index is 0.0759. The molecule has 182 valence electrons. The molecule has 0 fully saturated rings. The van der Waals surface area contributed by atoms with Crippen LogP contribution in [0.25, 0.3) is 11.1 Å². The van der Waals surface area contributed by atoms with Gasteiger partial charge in [-0.15, -0.1) is 0 Å². The highest BCUT2D eigenvalue weighted by atomic mass is 16.5. The lowest BCUT2D eigenvalue weighted by Crippen LogP contribution is -2.48. The molecule has 1 aliphatic carbocycles. The van der Waals surface area contributed by atoms with Crippen molar-refractivity contribution >= 4 is 18.0 Å². The normalized spacial score (nSPS) is 13.5. The molecule has 0 saturated heterocycles. The summed E-state index contributed by atoms with van der Waals surface area (Å²) in [7, 11) is 1.61. The zero-order valence-corrected chi connectivity index (χ0v) is 19.8. The molecule has 8 nitrogen and oxygen atoms in total. The van der Waals surface area contributed by atoms with Crippen LogP contribution in [0.15, 0.2) is 48.5 Å². The molecule has 0 spiro atoms. The summed E-state index contributed by atoms with van der Waals surface area (Å²) in [5.41, 5.74) is 4.19. The third-order valence-corrected chi connectivity index (χ3v) is 5.97. The average Bonchev–Trinajstić information content (AvgIpc) is 3.10. The number of hydrogen-bond acceptors (Lipinski definition) is 5. The number of hydrogen-bond donors (Lipinski definition) is 3. The number of rotatable bonds is 11. The molecule has 2 amide bonds. The predicted octanol–water partition coefficient (Wildman–Crippen LogP) is 3.55. The molecule has 1 unspecified atom stereocenters. The Hall–Kier alpha value is -3.39. The second-order valence-electron chi connectivity index (χ2n) is 9.26. The van der Waals surface area contributed by atoms with E-state index in [1.54, 1.807) is 7.11 Å². The first-order valence-corrected chi connectivity index (χ1v) is 11.3.